The minimum Gasteiger partial charge on any atom is -0.342 e. The molecule has 2 aromatic carbocycles. The predicted molar refractivity (Wildman–Crippen MR) is 81.5 cm³/mol. The number of benzene rings is 2. The van der Waals surface area contributed by atoms with Crippen LogP contribution in [0.2, 0.25) is 0 Å². The Hall–Kier alpha value is -1.28. The zero-order valence-electron chi connectivity index (χ0n) is 11.4. The standard InChI is InChI=1S/C16H21BN/c1-3-12-18(13-4-2)17-16-11-7-9-14-8-5-6-10-15(14)16/h5-11H,3-4,12-13H2,1-2H3. The van der Waals surface area contributed by atoms with Crippen molar-refractivity contribution < 1.29 is 0 Å². The van der Waals surface area contributed by atoms with Gasteiger partial charge in [0, 0.05) is 0 Å². The summed E-state index contributed by atoms with van der Waals surface area (Å²) in [6.45, 7) is 6.74. The molecule has 0 amide bonds. The maximum absolute atomic E-state index is 2.43. The van der Waals surface area contributed by atoms with E-state index in [4.69, 9.17) is 0 Å². The van der Waals surface area contributed by atoms with Gasteiger partial charge in [-0.25, -0.2) is 0 Å². The number of fused-ring (bicyclic) bond motifs is 1. The van der Waals surface area contributed by atoms with Gasteiger partial charge in [-0.05, 0) is 36.7 Å². The van der Waals surface area contributed by atoms with Gasteiger partial charge in [-0.15, -0.1) is 0 Å². The van der Waals surface area contributed by atoms with Gasteiger partial charge in [-0.1, -0.05) is 61.8 Å². The molecule has 0 aliphatic carbocycles. The monoisotopic (exact) mass is 238 g/mol. The zero-order valence-corrected chi connectivity index (χ0v) is 11.4. The van der Waals surface area contributed by atoms with E-state index in [1.54, 1.807) is 0 Å². The molecule has 0 unspecified atom stereocenters. The first-order valence-corrected chi connectivity index (χ1v) is 6.91. The normalized spacial score (nSPS) is 11.1. The third-order valence-electron chi connectivity index (χ3n) is 3.17. The van der Waals surface area contributed by atoms with E-state index in [0.29, 0.717) is 0 Å². The first kappa shape index (κ1) is 13.2. The highest BCUT2D eigenvalue weighted by atomic mass is 15.0. The second-order valence-electron chi connectivity index (χ2n) is 4.73. The molecule has 0 bridgehead atoms. The molecule has 0 fully saturated rings. The number of rotatable bonds is 6. The minimum absolute atomic E-state index is 1.14. The van der Waals surface area contributed by atoms with Crippen LogP contribution in [0.5, 0.6) is 0 Å². The molecule has 2 rings (SSSR count). The first-order valence-electron chi connectivity index (χ1n) is 6.91. The molecule has 0 saturated carbocycles. The lowest BCUT2D eigenvalue weighted by Crippen LogP contribution is -2.37. The highest BCUT2D eigenvalue weighted by molar-refractivity contribution is 6.54. The van der Waals surface area contributed by atoms with Gasteiger partial charge in [0.05, 0.1) is 0 Å². The van der Waals surface area contributed by atoms with Crippen LogP contribution in [0.15, 0.2) is 42.5 Å². The van der Waals surface area contributed by atoms with Gasteiger partial charge in [0.25, 0.3) is 0 Å². The van der Waals surface area contributed by atoms with Crippen LogP contribution < -0.4 is 5.46 Å². The lowest BCUT2D eigenvalue weighted by molar-refractivity contribution is 0.445. The predicted octanol–water partition coefficient (Wildman–Crippen LogP) is 3.21. The molecule has 2 aromatic rings. The Bertz CT molecular complexity index is 484. The first-order chi connectivity index (χ1) is 8.85. The van der Waals surface area contributed by atoms with Gasteiger partial charge in [-0.3, -0.25) is 0 Å². The Labute approximate surface area is 111 Å². The smallest absolute Gasteiger partial charge is 0.248 e. The van der Waals surface area contributed by atoms with Crippen LogP contribution in [-0.4, -0.2) is 25.3 Å². The maximum atomic E-state index is 2.43. The van der Waals surface area contributed by atoms with Gasteiger partial charge in [0.2, 0.25) is 7.41 Å². The summed E-state index contributed by atoms with van der Waals surface area (Å²) in [6, 6.07) is 15.1. The molecule has 1 nitrogen and oxygen atoms in total. The molecular weight excluding hydrogens is 217 g/mol. The fraction of sp³-hybridized carbons (Fsp3) is 0.375. The van der Waals surface area contributed by atoms with Crippen LogP contribution in [0, 0.1) is 0 Å². The molecule has 2 heteroatoms. The van der Waals surface area contributed by atoms with E-state index < -0.39 is 0 Å². The van der Waals surface area contributed by atoms with Crippen LogP contribution in [0.3, 0.4) is 0 Å². The Morgan fingerprint density at radius 1 is 0.889 bits per heavy atom. The van der Waals surface area contributed by atoms with Crippen LogP contribution in [0.1, 0.15) is 26.7 Å². The molecule has 0 aromatic heterocycles. The molecule has 1 radical (unpaired) electrons. The average molecular weight is 238 g/mol. The summed E-state index contributed by atoms with van der Waals surface area (Å²) in [7, 11) is 2.31. The molecule has 93 valence electrons. The van der Waals surface area contributed by atoms with Crippen molar-refractivity contribution in [3.05, 3.63) is 42.5 Å². The van der Waals surface area contributed by atoms with E-state index in [2.05, 4.69) is 68.5 Å². The minimum atomic E-state index is 1.14. The zero-order chi connectivity index (χ0) is 12.8. The molecular formula is C16H21BN. The Morgan fingerprint density at radius 2 is 1.56 bits per heavy atom. The topological polar surface area (TPSA) is 3.24 Å². The summed E-state index contributed by atoms with van der Waals surface area (Å²) in [5.74, 6) is 0. The van der Waals surface area contributed by atoms with Gasteiger partial charge in [-0.2, -0.15) is 0 Å². The van der Waals surface area contributed by atoms with Gasteiger partial charge in [0.15, 0.2) is 0 Å². The van der Waals surface area contributed by atoms with Crippen LogP contribution >= 0.6 is 0 Å². The number of nitrogens with zero attached hydrogens (tertiary/aromatic N) is 1. The SMILES string of the molecule is CCCN([B]c1cccc2ccccc12)CCC. The van der Waals surface area contributed by atoms with Crippen molar-refractivity contribution in [2.75, 3.05) is 13.1 Å². The highest BCUT2D eigenvalue weighted by Crippen LogP contribution is 2.10. The second-order valence-corrected chi connectivity index (χ2v) is 4.73. The molecule has 0 aliphatic rings. The highest BCUT2D eigenvalue weighted by Gasteiger charge is 2.08. The summed E-state index contributed by atoms with van der Waals surface area (Å²) >= 11 is 0. The van der Waals surface area contributed by atoms with Crippen molar-refractivity contribution in [3.8, 4) is 0 Å². The van der Waals surface area contributed by atoms with E-state index in [-0.39, 0.29) is 0 Å². The summed E-state index contributed by atoms with van der Waals surface area (Å²) in [5, 5.41) is 2.66. The molecule has 18 heavy (non-hydrogen) atoms. The van der Waals surface area contributed by atoms with E-state index in [0.717, 1.165) is 13.1 Å². The summed E-state index contributed by atoms with van der Waals surface area (Å²) in [4.78, 5) is 2.43. The van der Waals surface area contributed by atoms with E-state index >= 15 is 0 Å². The molecule has 0 spiro atoms. The number of hydrogen-bond acceptors (Lipinski definition) is 1. The van der Waals surface area contributed by atoms with Crippen molar-refractivity contribution in [3.63, 3.8) is 0 Å². The van der Waals surface area contributed by atoms with E-state index in [1.807, 2.05) is 0 Å². The van der Waals surface area contributed by atoms with Crippen molar-refractivity contribution in [2.45, 2.75) is 26.7 Å². The lowest BCUT2D eigenvalue weighted by atomic mass is 9.77. The van der Waals surface area contributed by atoms with Gasteiger partial charge >= 0.3 is 0 Å². The molecule has 0 aliphatic heterocycles. The Balaban J connectivity index is 2.24. The van der Waals surface area contributed by atoms with E-state index in [1.165, 1.54) is 29.1 Å². The van der Waals surface area contributed by atoms with Crippen LogP contribution in [0.4, 0.5) is 0 Å². The van der Waals surface area contributed by atoms with Crippen LogP contribution in [0.25, 0.3) is 10.8 Å². The summed E-state index contributed by atoms with van der Waals surface area (Å²) in [6.07, 6.45) is 2.39. The van der Waals surface area contributed by atoms with Crippen molar-refractivity contribution in [1.82, 2.24) is 4.81 Å². The molecule has 0 atom stereocenters. The lowest BCUT2D eigenvalue weighted by Gasteiger charge is -2.20. The molecule has 0 N–H and O–H groups in total. The fourth-order valence-corrected chi connectivity index (χ4v) is 2.38. The third kappa shape index (κ3) is 3.14. The Kier molecular flexibility index (Phi) is 4.83. The van der Waals surface area contributed by atoms with Crippen molar-refractivity contribution in [1.29, 1.82) is 0 Å². The molecule has 0 saturated heterocycles. The Morgan fingerprint density at radius 3 is 2.28 bits per heavy atom. The maximum Gasteiger partial charge on any atom is 0.248 e. The van der Waals surface area contributed by atoms with Gasteiger partial charge in [0.1, 0.15) is 0 Å². The quantitative estimate of drug-likeness (QED) is 0.698. The van der Waals surface area contributed by atoms with Crippen LogP contribution in [-0.2, 0) is 0 Å². The van der Waals surface area contributed by atoms with E-state index in [9.17, 15) is 0 Å². The average Bonchev–Trinajstić information content (AvgIpc) is 2.40. The van der Waals surface area contributed by atoms with Crippen molar-refractivity contribution in [2.24, 2.45) is 0 Å². The van der Waals surface area contributed by atoms with Crippen molar-refractivity contribution >= 4 is 23.6 Å². The fourth-order valence-electron chi connectivity index (χ4n) is 2.38. The third-order valence-corrected chi connectivity index (χ3v) is 3.17. The van der Waals surface area contributed by atoms with Gasteiger partial charge < -0.3 is 4.81 Å². The number of hydrogen-bond donors (Lipinski definition) is 0. The summed E-state index contributed by atoms with van der Waals surface area (Å²) < 4.78 is 0. The largest absolute Gasteiger partial charge is 0.342 e. The molecule has 0 heterocycles. The summed E-state index contributed by atoms with van der Waals surface area (Å²) in [5.41, 5.74) is 1.33. The second kappa shape index (κ2) is 6.60.